The van der Waals surface area contributed by atoms with Gasteiger partial charge in [0.1, 0.15) is 0 Å². The van der Waals surface area contributed by atoms with Gasteiger partial charge < -0.3 is 4.74 Å². The Morgan fingerprint density at radius 1 is 1.48 bits per heavy atom. The molecule has 6 nitrogen and oxygen atoms in total. The molecule has 6 heteroatoms. The topological polar surface area (TPSA) is 86.5 Å². The molecule has 21 heavy (non-hydrogen) atoms. The molecule has 0 unspecified atom stereocenters. The number of nitro benzene ring substituents is 1. The van der Waals surface area contributed by atoms with E-state index in [1.54, 1.807) is 13.0 Å². The summed E-state index contributed by atoms with van der Waals surface area (Å²) in [6, 6.07) is 5.07. The SMILES string of the molecule is C=C[C@]1(C)CC[C@@H](OC(=O)c2ccc([N+](=O)[O-])cc2)C1=O. The minimum absolute atomic E-state index is 0.109. The number of hydrogen-bond acceptors (Lipinski definition) is 5. The van der Waals surface area contributed by atoms with Crippen LogP contribution in [0.4, 0.5) is 5.69 Å². The molecule has 0 N–H and O–H groups in total. The van der Waals surface area contributed by atoms with Crippen molar-refractivity contribution in [1.29, 1.82) is 0 Å². The van der Waals surface area contributed by atoms with Crippen molar-refractivity contribution < 1.29 is 19.2 Å². The molecule has 0 radical (unpaired) electrons. The van der Waals surface area contributed by atoms with Gasteiger partial charge in [0.05, 0.1) is 10.5 Å². The molecule has 1 aromatic carbocycles. The second-order valence-corrected chi connectivity index (χ2v) is 5.22. The monoisotopic (exact) mass is 289 g/mol. The number of carbonyl (C=O) groups excluding carboxylic acids is 2. The van der Waals surface area contributed by atoms with Gasteiger partial charge in [-0.1, -0.05) is 6.08 Å². The van der Waals surface area contributed by atoms with Crippen LogP contribution >= 0.6 is 0 Å². The van der Waals surface area contributed by atoms with Crippen molar-refractivity contribution in [2.45, 2.75) is 25.9 Å². The van der Waals surface area contributed by atoms with E-state index in [9.17, 15) is 19.7 Å². The Morgan fingerprint density at radius 2 is 2.10 bits per heavy atom. The number of Topliss-reactive ketones (excluding diaryl/α,β-unsaturated/α-hetero) is 1. The van der Waals surface area contributed by atoms with Gasteiger partial charge in [-0.25, -0.2) is 4.79 Å². The molecule has 0 aliphatic heterocycles. The van der Waals surface area contributed by atoms with Crippen molar-refractivity contribution in [2.24, 2.45) is 5.41 Å². The largest absolute Gasteiger partial charge is 0.451 e. The summed E-state index contributed by atoms with van der Waals surface area (Å²) in [5.41, 5.74) is -0.580. The molecular weight excluding hydrogens is 274 g/mol. The van der Waals surface area contributed by atoms with E-state index in [2.05, 4.69) is 6.58 Å². The fraction of sp³-hybridized carbons (Fsp3) is 0.333. The van der Waals surface area contributed by atoms with Crippen LogP contribution in [-0.4, -0.2) is 22.8 Å². The van der Waals surface area contributed by atoms with Gasteiger partial charge in [0.25, 0.3) is 5.69 Å². The first kappa shape index (κ1) is 14.9. The number of hydrogen-bond donors (Lipinski definition) is 0. The van der Waals surface area contributed by atoms with Gasteiger partial charge in [0.15, 0.2) is 11.9 Å². The number of nitrogens with zero attached hydrogens (tertiary/aromatic N) is 1. The number of allylic oxidation sites excluding steroid dienone is 1. The predicted octanol–water partition coefficient (Wildman–Crippen LogP) is 2.68. The van der Waals surface area contributed by atoms with Crippen molar-refractivity contribution in [3.05, 3.63) is 52.6 Å². The predicted molar refractivity (Wildman–Crippen MR) is 74.8 cm³/mol. The number of nitro groups is 1. The third kappa shape index (κ3) is 2.84. The van der Waals surface area contributed by atoms with Crippen molar-refractivity contribution in [1.82, 2.24) is 0 Å². The molecule has 1 aliphatic carbocycles. The average molecular weight is 289 g/mol. The molecule has 1 aromatic rings. The zero-order valence-electron chi connectivity index (χ0n) is 11.6. The molecule has 1 aliphatic rings. The summed E-state index contributed by atoms with van der Waals surface area (Å²) in [6.07, 6.45) is 1.85. The van der Waals surface area contributed by atoms with Gasteiger partial charge in [-0.15, -0.1) is 6.58 Å². The van der Waals surface area contributed by atoms with E-state index in [4.69, 9.17) is 4.74 Å². The Labute approximate surface area is 121 Å². The van der Waals surface area contributed by atoms with Crippen LogP contribution in [0.3, 0.4) is 0 Å². The molecule has 0 spiro atoms. The van der Waals surface area contributed by atoms with Crippen molar-refractivity contribution in [3.63, 3.8) is 0 Å². The summed E-state index contributed by atoms with van der Waals surface area (Å²) in [6.45, 7) is 5.40. The normalized spacial score (nSPS) is 24.6. The van der Waals surface area contributed by atoms with E-state index in [0.717, 1.165) is 0 Å². The first-order valence-electron chi connectivity index (χ1n) is 6.51. The summed E-state index contributed by atoms with van der Waals surface area (Å²) in [5.74, 6) is -0.815. The summed E-state index contributed by atoms with van der Waals surface area (Å²) in [5, 5.41) is 10.5. The Hall–Kier alpha value is -2.50. The van der Waals surface area contributed by atoms with Crippen LogP contribution in [-0.2, 0) is 9.53 Å². The number of ketones is 1. The standard InChI is InChI=1S/C15H15NO5/c1-3-15(2)9-8-12(13(15)17)21-14(18)10-4-6-11(7-5-10)16(19)20/h3-7,12H,1,8-9H2,2H3/t12-,15-/m1/s1. The molecule has 2 rings (SSSR count). The Balaban J connectivity index is 2.07. The number of carbonyl (C=O) groups is 2. The quantitative estimate of drug-likeness (QED) is 0.368. The lowest BCUT2D eigenvalue weighted by Gasteiger charge is -2.17. The summed E-state index contributed by atoms with van der Waals surface area (Å²) < 4.78 is 5.20. The Kier molecular flexibility index (Phi) is 3.88. The lowest BCUT2D eigenvalue weighted by atomic mass is 9.88. The first-order valence-corrected chi connectivity index (χ1v) is 6.51. The van der Waals surface area contributed by atoms with E-state index >= 15 is 0 Å². The van der Waals surface area contributed by atoms with Crippen LogP contribution in [0.1, 0.15) is 30.1 Å². The number of esters is 1. The van der Waals surface area contributed by atoms with Gasteiger partial charge in [0, 0.05) is 17.5 Å². The molecule has 110 valence electrons. The maximum atomic E-state index is 12.1. The molecule has 0 heterocycles. The van der Waals surface area contributed by atoms with Gasteiger partial charge in [0.2, 0.25) is 0 Å². The highest BCUT2D eigenvalue weighted by atomic mass is 16.6. The zero-order valence-corrected chi connectivity index (χ0v) is 11.6. The molecule has 2 atom stereocenters. The van der Waals surface area contributed by atoms with E-state index in [1.165, 1.54) is 24.3 Å². The van der Waals surface area contributed by atoms with Gasteiger partial charge in [-0.2, -0.15) is 0 Å². The van der Waals surface area contributed by atoms with Crippen LogP contribution in [0.15, 0.2) is 36.9 Å². The lowest BCUT2D eigenvalue weighted by molar-refractivity contribution is -0.384. The molecular formula is C15H15NO5. The Bertz CT molecular complexity index is 607. The minimum atomic E-state index is -0.782. The maximum absolute atomic E-state index is 12.1. The van der Waals surface area contributed by atoms with Crippen molar-refractivity contribution in [3.8, 4) is 0 Å². The highest BCUT2D eigenvalue weighted by Gasteiger charge is 2.44. The van der Waals surface area contributed by atoms with E-state index in [-0.39, 0.29) is 17.0 Å². The molecule has 0 saturated heterocycles. The average Bonchev–Trinajstić information content (AvgIpc) is 2.76. The second-order valence-electron chi connectivity index (χ2n) is 5.22. The molecule has 1 fully saturated rings. The molecule has 0 bridgehead atoms. The van der Waals surface area contributed by atoms with Gasteiger partial charge >= 0.3 is 5.97 Å². The van der Waals surface area contributed by atoms with Crippen molar-refractivity contribution in [2.75, 3.05) is 0 Å². The lowest BCUT2D eigenvalue weighted by Crippen LogP contribution is -2.29. The second kappa shape index (κ2) is 5.47. The van der Waals surface area contributed by atoms with Crippen LogP contribution < -0.4 is 0 Å². The smallest absolute Gasteiger partial charge is 0.338 e. The highest BCUT2D eigenvalue weighted by Crippen LogP contribution is 2.37. The maximum Gasteiger partial charge on any atom is 0.338 e. The Morgan fingerprint density at radius 3 is 2.57 bits per heavy atom. The van der Waals surface area contributed by atoms with E-state index in [0.29, 0.717) is 12.8 Å². The summed E-state index contributed by atoms with van der Waals surface area (Å²) in [4.78, 5) is 34.1. The number of benzene rings is 1. The number of ether oxygens (including phenoxy) is 1. The first-order chi connectivity index (χ1) is 9.87. The van der Waals surface area contributed by atoms with Crippen molar-refractivity contribution >= 4 is 17.4 Å². The fourth-order valence-corrected chi connectivity index (χ4v) is 2.28. The number of rotatable bonds is 4. The fourth-order valence-electron chi connectivity index (χ4n) is 2.28. The molecule has 0 amide bonds. The molecule has 1 saturated carbocycles. The van der Waals surface area contributed by atoms with E-state index in [1.807, 2.05) is 0 Å². The van der Waals surface area contributed by atoms with Crippen LogP contribution in [0.2, 0.25) is 0 Å². The van der Waals surface area contributed by atoms with Gasteiger partial charge in [-0.05, 0) is 31.9 Å². The number of non-ortho nitro benzene ring substituents is 1. The zero-order chi connectivity index (χ0) is 15.6. The summed E-state index contributed by atoms with van der Waals surface area (Å²) >= 11 is 0. The van der Waals surface area contributed by atoms with E-state index < -0.39 is 22.4 Å². The summed E-state index contributed by atoms with van der Waals surface area (Å²) in [7, 11) is 0. The van der Waals surface area contributed by atoms with Gasteiger partial charge in [-0.3, -0.25) is 14.9 Å². The third-order valence-electron chi connectivity index (χ3n) is 3.79. The van der Waals surface area contributed by atoms with Crippen LogP contribution in [0, 0.1) is 15.5 Å². The highest BCUT2D eigenvalue weighted by molar-refractivity contribution is 5.96. The van der Waals surface area contributed by atoms with Crippen LogP contribution in [0.5, 0.6) is 0 Å². The molecule has 0 aromatic heterocycles. The third-order valence-corrected chi connectivity index (χ3v) is 3.79. The van der Waals surface area contributed by atoms with Crippen LogP contribution in [0.25, 0.3) is 0 Å². The minimum Gasteiger partial charge on any atom is -0.451 e.